The van der Waals surface area contributed by atoms with Crippen molar-refractivity contribution in [1.82, 2.24) is 0 Å². The Balaban J connectivity index is 1.46. The van der Waals surface area contributed by atoms with Gasteiger partial charge in [0.25, 0.3) is 0 Å². The Morgan fingerprint density at radius 3 is 1.42 bits per heavy atom. The van der Waals surface area contributed by atoms with Crippen LogP contribution in [0.4, 0.5) is 0 Å². The molecule has 190 valence electrons. The van der Waals surface area contributed by atoms with E-state index < -0.39 is 0 Å². The minimum absolute atomic E-state index is 0.717. The Morgan fingerprint density at radius 2 is 1.00 bits per heavy atom. The maximum absolute atomic E-state index is 2.41. The Kier molecular flexibility index (Phi) is 15.9. The van der Waals surface area contributed by atoms with Gasteiger partial charge in [-0.25, -0.2) is 0 Å². The highest BCUT2D eigenvalue weighted by Crippen LogP contribution is 2.37. The molecule has 0 spiro atoms. The van der Waals surface area contributed by atoms with Crippen LogP contribution in [-0.2, 0) is 0 Å². The van der Waals surface area contributed by atoms with Crippen molar-refractivity contribution in [2.24, 2.45) is 0 Å². The number of nitrogens with zero attached hydrogens (tertiary/aromatic N) is 1. The van der Waals surface area contributed by atoms with Gasteiger partial charge >= 0.3 is 0 Å². The quantitative estimate of drug-likeness (QED) is 0.127. The summed E-state index contributed by atoms with van der Waals surface area (Å²) in [6.45, 7) is 8.94. The van der Waals surface area contributed by atoms with Gasteiger partial charge in [-0.05, 0) is 12.8 Å². The topological polar surface area (TPSA) is 0 Å². The third-order valence-electron chi connectivity index (χ3n) is 8.40. The van der Waals surface area contributed by atoms with Crippen LogP contribution in [0.3, 0.4) is 0 Å². The minimum Gasteiger partial charge on any atom is -0.317 e. The molecule has 1 nitrogen and oxygen atoms in total. The number of unbranched alkanes of at least 4 members (excludes halogenated alkanes) is 16. The van der Waals surface area contributed by atoms with Crippen LogP contribution < -0.4 is 0 Å². The number of hydrogen-bond acceptors (Lipinski definition) is 0. The van der Waals surface area contributed by atoms with Gasteiger partial charge in [-0.2, -0.15) is 0 Å². The molecule has 0 amide bonds. The summed E-state index contributed by atoms with van der Waals surface area (Å²) in [5, 5.41) is 0. The van der Waals surface area contributed by atoms with Crippen molar-refractivity contribution >= 4 is 0 Å². The number of likely N-dealkylation sites (tertiary alicyclic amines) is 1. The third-order valence-corrected chi connectivity index (χ3v) is 8.40. The van der Waals surface area contributed by atoms with E-state index in [9.17, 15) is 0 Å². The molecule has 1 unspecified atom stereocenters. The molecule has 1 aromatic rings. The molecule has 1 fully saturated rings. The average Bonchev–Trinajstić information content (AvgIpc) is 3.32. The van der Waals surface area contributed by atoms with Gasteiger partial charge in [0.2, 0.25) is 0 Å². The summed E-state index contributed by atoms with van der Waals surface area (Å²) in [4.78, 5) is 0. The van der Waals surface area contributed by atoms with Crippen LogP contribution in [-0.4, -0.2) is 24.1 Å². The van der Waals surface area contributed by atoms with E-state index in [1.807, 2.05) is 0 Å². The normalized spacial score (nSPS) is 16.3. The Labute approximate surface area is 208 Å². The van der Waals surface area contributed by atoms with Crippen molar-refractivity contribution in [3.63, 3.8) is 0 Å². The van der Waals surface area contributed by atoms with Gasteiger partial charge in [-0.15, -0.1) is 0 Å². The van der Waals surface area contributed by atoms with E-state index in [0.717, 1.165) is 6.04 Å². The first-order valence-corrected chi connectivity index (χ1v) is 15.2. The van der Waals surface area contributed by atoms with E-state index in [0.29, 0.717) is 0 Å². The summed E-state index contributed by atoms with van der Waals surface area (Å²) < 4.78 is 1.37. The number of rotatable bonds is 21. The van der Waals surface area contributed by atoms with E-state index >= 15 is 0 Å². The molecule has 0 aromatic heterocycles. The molecule has 2 rings (SSSR count). The molecule has 1 heteroatoms. The van der Waals surface area contributed by atoms with Gasteiger partial charge in [-0.3, -0.25) is 0 Å². The van der Waals surface area contributed by atoms with Crippen molar-refractivity contribution in [1.29, 1.82) is 0 Å². The lowest BCUT2D eigenvalue weighted by molar-refractivity contribution is -0.946. The fraction of sp³-hybridized carbons (Fsp3) is 0.812. The highest BCUT2D eigenvalue weighted by molar-refractivity contribution is 5.17. The second-order valence-electron chi connectivity index (χ2n) is 11.1. The van der Waals surface area contributed by atoms with Crippen LogP contribution in [0.5, 0.6) is 0 Å². The van der Waals surface area contributed by atoms with E-state index in [1.165, 1.54) is 153 Å². The first-order valence-electron chi connectivity index (χ1n) is 15.2. The molecule has 0 N–H and O–H groups in total. The first-order chi connectivity index (χ1) is 16.3. The summed E-state index contributed by atoms with van der Waals surface area (Å²) in [5.41, 5.74) is 1.58. The van der Waals surface area contributed by atoms with Gasteiger partial charge in [-0.1, -0.05) is 140 Å². The van der Waals surface area contributed by atoms with Crippen molar-refractivity contribution in [2.75, 3.05) is 19.6 Å². The summed E-state index contributed by atoms with van der Waals surface area (Å²) in [6.07, 6.45) is 29.0. The first kappa shape index (κ1) is 28.4. The molecule has 1 heterocycles. The van der Waals surface area contributed by atoms with Crippen molar-refractivity contribution < 1.29 is 4.48 Å². The van der Waals surface area contributed by atoms with Gasteiger partial charge < -0.3 is 4.48 Å². The number of quaternary nitrogens is 1. The Bertz CT molecular complexity index is 545. The molecule has 0 saturated carbocycles. The van der Waals surface area contributed by atoms with E-state index in [1.54, 1.807) is 5.56 Å². The molecule has 1 aliphatic heterocycles. The molecular weight excluding hydrogens is 398 g/mol. The van der Waals surface area contributed by atoms with E-state index in [4.69, 9.17) is 0 Å². The zero-order valence-electron chi connectivity index (χ0n) is 22.7. The zero-order valence-corrected chi connectivity index (χ0v) is 22.7. The smallest absolute Gasteiger partial charge is 0.114 e. The fourth-order valence-corrected chi connectivity index (χ4v) is 6.42. The van der Waals surface area contributed by atoms with Gasteiger partial charge in [0, 0.05) is 24.8 Å². The second-order valence-corrected chi connectivity index (χ2v) is 11.1. The summed E-state index contributed by atoms with van der Waals surface area (Å²) >= 11 is 0. The van der Waals surface area contributed by atoms with Crippen LogP contribution >= 0.6 is 0 Å². The molecule has 1 aliphatic rings. The molecule has 1 aromatic carbocycles. The van der Waals surface area contributed by atoms with Crippen molar-refractivity contribution in [3.05, 3.63) is 35.9 Å². The van der Waals surface area contributed by atoms with Crippen LogP contribution in [0.25, 0.3) is 0 Å². The van der Waals surface area contributed by atoms with Crippen molar-refractivity contribution in [2.45, 2.75) is 148 Å². The lowest BCUT2D eigenvalue weighted by atomic mass is 9.99. The molecule has 0 aliphatic carbocycles. The van der Waals surface area contributed by atoms with Crippen LogP contribution in [0, 0.1) is 0 Å². The number of benzene rings is 1. The van der Waals surface area contributed by atoms with Gasteiger partial charge in [0.05, 0.1) is 19.6 Å². The monoisotopic (exact) mass is 456 g/mol. The molecule has 33 heavy (non-hydrogen) atoms. The third kappa shape index (κ3) is 11.4. The largest absolute Gasteiger partial charge is 0.317 e. The maximum Gasteiger partial charge on any atom is 0.114 e. The van der Waals surface area contributed by atoms with Crippen LogP contribution in [0.1, 0.15) is 154 Å². The molecule has 0 radical (unpaired) electrons. The Morgan fingerprint density at radius 1 is 0.576 bits per heavy atom. The lowest BCUT2D eigenvalue weighted by Gasteiger charge is -2.42. The summed E-state index contributed by atoms with van der Waals surface area (Å²) in [6, 6.07) is 12.1. The summed E-state index contributed by atoms with van der Waals surface area (Å²) in [7, 11) is 0. The molecule has 1 atom stereocenters. The molecule has 1 saturated heterocycles. The predicted octanol–water partition coefficient (Wildman–Crippen LogP) is 10.4. The van der Waals surface area contributed by atoms with Crippen molar-refractivity contribution in [3.8, 4) is 0 Å². The predicted molar refractivity (Wildman–Crippen MR) is 148 cm³/mol. The van der Waals surface area contributed by atoms with Crippen LogP contribution in [0.2, 0.25) is 0 Å². The van der Waals surface area contributed by atoms with E-state index in [2.05, 4.69) is 44.2 Å². The van der Waals surface area contributed by atoms with Crippen LogP contribution in [0.15, 0.2) is 30.3 Å². The molecular formula is C32H58N+. The second kappa shape index (κ2) is 18.5. The lowest BCUT2D eigenvalue weighted by Crippen LogP contribution is -2.48. The van der Waals surface area contributed by atoms with Gasteiger partial charge in [0.1, 0.15) is 6.04 Å². The highest BCUT2D eigenvalue weighted by atomic mass is 15.4. The van der Waals surface area contributed by atoms with Gasteiger partial charge in [0.15, 0.2) is 0 Å². The summed E-state index contributed by atoms with van der Waals surface area (Å²) in [5.74, 6) is 0. The molecule has 0 bridgehead atoms. The Hall–Kier alpha value is -0.820. The highest BCUT2D eigenvalue weighted by Gasteiger charge is 2.39. The standard InChI is InChI=1S/C32H58N/c1-3-5-6-7-8-9-10-11-12-13-14-15-16-17-18-19-23-28-33(29-24-25-30-33)32(4-2)31-26-21-20-22-27-31/h20-22,26-27,32H,3-19,23-25,28-30H2,1-2H3/q+1. The minimum atomic E-state index is 0.717. The maximum atomic E-state index is 2.41. The fourth-order valence-electron chi connectivity index (χ4n) is 6.42. The average molecular weight is 457 g/mol. The number of hydrogen-bond donors (Lipinski definition) is 0. The van der Waals surface area contributed by atoms with E-state index in [-0.39, 0.29) is 0 Å². The SMILES string of the molecule is CCCCCCCCCCCCCCCCCCC[N+]1(C(CC)c2ccccc2)CCCC1. The zero-order chi connectivity index (χ0) is 23.5.